The summed E-state index contributed by atoms with van der Waals surface area (Å²) in [6.45, 7) is 0. The highest BCUT2D eigenvalue weighted by atomic mass is 32.1. The molecule has 0 aliphatic rings. The lowest BCUT2D eigenvalue weighted by molar-refractivity contribution is -0.129. The molecule has 0 saturated carbocycles. The van der Waals surface area contributed by atoms with E-state index in [0.29, 0.717) is 0 Å². The van der Waals surface area contributed by atoms with E-state index >= 15 is 0 Å². The molecule has 3 nitrogen and oxygen atoms in total. The summed E-state index contributed by atoms with van der Waals surface area (Å²) in [6, 6.07) is 9.34. The average Bonchev–Trinajstić information content (AvgIpc) is 2.18. The van der Waals surface area contributed by atoms with Gasteiger partial charge in [0.15, 0.2) is 5.44 Å². The molecule has 1 unspecified atom stereocenters. The van der Waals surface area contributed by atoms with Gasteiger partial charge in [-0.1, -0.05) is 18.2 Å². The fourth-order valence-corrected chi connectivity index (χ4v) is 1.31. The predicted molar refractivity (Wildman–Crippen MR) is 63.2 cm³/mol. The number of hydrogen-bond donors (Lipinski definition) is 1. The Morgan fingerprint density at radius 2 is 2.00 bits per heavy atom. The largest absolute Gasteiger partial charge is 0.480 e. The SMILES string of the molecule is CN(C)C(=O)CC(S)Oc1ccccc1. The van der Waals surface area contributed by atoms with Crippen molar-refractivity contribution in [3.8, 4) is 5.75 Å². The molecule has 0 spiro atoms. The molecule has 1 aromatic rings. The van der Waals surface area contributed by atoms with Gasteiger partial charge in [0.1, 0.15) is 5.75 Å². The van der Waals surface area contributed by atoms with Crippen molar-refractivity contribution in [3.05, 3.63) is 30.3 Å². The van der Waals surface area contributed by atoms with Crippen molar-refractivity contribution in [1.29, 1.82) is 0 Å². The highest BCUT2D eigenvalue weighted by Crippen LogP contribution is 2.14. The van der Waals surface area contributed by atoms with Gasteiger partial charge in [0.2, 0.25) is 5.91 Å². The van der Waals surface area contributed by atoms with Crippen LogP contribution in [0.2, 0.25) is 0 Å². The first-order valence-electron chi connectivity index (χ1n) is 4.69. The van der Waals surface area contributed by atoms with Gasteiger partial charge in [-0.3, -0.25) is 4.79 Å². The molecule has 1 aromatic carbocycles. The summed E-state index contributed by atoms with van der Waals surface area (Å²) in [5, 5.41) is 0. The molecule has 1 rings (SSSR count). The smallest absolute Gasteiger partial charge is 0.226 e. The maximum Gasteiger partial charge on any atom is 0.226 e. The van der Waals surface area contributed by atoms with Crippen LogP contribution in [0.15, 0.2) is 30.3 Å². The Morgan fingerprint density at radius 1 is 1.40 bits per heavy atom. The molecule has 0 N–H and O–H groups in total. The molecule has 4 heteroatoms. The van der Waals surface area contributed by atoms with E-state index in [4.69, 9.17) is 4.74 Å². The van der Waals surface area contributed by atoms with Gasteiger partial charge in [0, 0.05) is 14.1 Å². The first kappa shape index (κ1) is 11.9. The van der Waals surface area contributed by atoms with Crippen LogP contribution in [-0.2, 0) is 4.79 Å². The summed E-state index contributed by atoms with van der Waals surface area (Å²) in [7, 11) is 3.43. The zero-order valence-corrected chi connectivity index (χ0v) is 9.78. The van der Waals surface area contributed by atoms with Gasteiger partial charge in [0.25, 0.3) is 0 Å². The fourth-order valence-electron chi connectivity index (χ4n) is 1.03. The van der Waals surface area contributed by atoms with Gasteiger partial charge in [-0.25, -0.2) is 0 Å². The first-order valence-corrected chi connectivity index (χ1v) is 5.21. The van der Waals surface area contributed by atoms with Crippen LogP contribution in [0.1, 0.15) is 6.42 Å². The third-order valence-corrected chi connectivity index (χ3v) is 2.15. The molecule has 0 aromatic heterocycles. The Balaban J connectivity index is 2.43. The molecular formula is C11H15NO2S. The van der Waals surface area contributed by atoms with Crippen LogP contribution in [0.25, 0.3) is 0 Å². The van der Waals surface area contributed by atoms with E-state index in [2.05, 4.69) is 12.6 Å². The zero-order valence-electron chi connectivity index (χ0n) is 8.88. The number of rotatable bonds is 4. The van der Waals surface area contributed by atoms with E-state index in [1.807, 2.05) is 30.3 Å². The molecule has 0 saturated heterocycles. The summed E-state index contributed by atoms with van der Waals surface area (Å²) in [5.41, 5.74) is -0.401. The Kier molecular flexibility index (Phi) is 4.49. The molecular weight excluding hydrogens is 210 g/mol. The third-order valence-electron chi connectivity index (χ3n) is 1.86. The van der Waals surface area contributed by atoms with Crippen LogP contribution in [-0.4, -0.2) is 30.3 Å². The molecule has 1 amide bonds. The summed E-state index contributed by atoms with van der Waals surface area (Å²) in [5.74, 6) is 0.731. The lowest BCUT2D eigenvalue weighted by Crippen LogP contribution is -2.26. The normalized spacial score (nSPS) is 11.9. The van der Waals surface area contributed by atoms with Crippen molar-refractivity contribution in [2.75, 3.05) is 14.1 Å². The lowest BCUT2D eigenvalue weighted by Gasteiger charge is -2.16. The van der Waals surface area contributed by atoms with Crippen LogP contribution < -0.4 is 4.74 Å². The van der Waals surface area contributed by atoms with Gasteiger partial charge in [-0.15, -0.1) is 12.6 Å². The third kappa shape index (κ3) is 4.25. The highest BCUT2D eigenvalue weighted by molar-refractivity contribution is 7.80. The number of hydrogen-bond acceptors (Lipinski definition) is 3. The molecule has 82 valence electrons. The Labute approximate surface area is 95.4 Å². The molecule has 0 heterocycles. The van der Waals surface area contributed by atoms with Gasteiger partial charge >= 0.3 is 0 Å². The first-order chi connectivity index (χ1) is 7.09. The van der Waals surface area contributed by atoms with Crippen LogP contribution >= 0.6 is 12.6 Å². The minimum Gasteiger partial charge on any atom is -0.480 e. The molecule has 1 atom stereocenters. The molecule has 0 bridgehead atoms. The number of benzene rings is 1. The number of para-hydroxylation sites is 1. The number of amides is 1. The minimum absolute atomic E-state index is 0.00549. The number of nitrogens with zero attached hydrogens (tertiary/aromatic N) is 1. The second-order valence-corrected chi connectivity index (χ2v) is 3.95. The van der Waals surface area contributed by atoms with Crippen molar-refractivity contribution in [2.24, 2.45) is 0 Å². The Hall–Kier alpha value is -1.16. The van der Waals surface area contributed by atoms with Gasteiger partial charge < -0.3 is 9.64 Å². The van der Waals surface area contributed by atoms with Crippen molar-refractivity contribution >= 4 is 18.5 Å². The van der Waals surface area contributed by atoms with Crippen LogP contribution in [0, 0.1) is 0 Å². The minimum atomic E-state index is -0.401. The maximum atomic E-state index is 11.3. The van der Waals surface area contributed by atoms with Crippen LogP contribution in [0.4, 0.5) is 0 Å². The number of ether oxygens (including phenoxy) is 1. The number of thiol groups is 1. The maximum absolute atomic E-state index is 11.3. The van der Waals surface area contributed by atoms with E-state index in [0.717, 1.165) is 5.75 Å². The van der Waals surface area contributed by atoms with E-state index < -0.39 is 5.44 Å². The monoisotopic (exact) mass is 225 g/mol. The highest BCUT2D eigenvalue weighted by Gasteiger charge is 2.12. The van der Waals surface area contributed by atoms with E-state index in [1.54, 1.807) is 14.1 Å². The Bertz CT molecular complexity index is 314. The fraction of sp³-hybridized carbons (Fsp3) is 0.364. The average molecular weight is 225 g/mol. The van der Waals surface area contributed by atoms with E-state index in [-0.39, 0.29) is 12.3 Å². The molecule has 0 aliphatic heterocycles. The predicted octanol–water partition coefficient (Wildman–Crippen LogP) is 1.80. The summed E-state index contributed by atoms with van der Waals surface area (Å²) in [6.07, 6.45) is 0.269. The molecule has 0 fully saturated rings. The van der Waals surface area contributed by atoms with Gasteiger partial charge in [-0.2, -0.15) is 0 Å². The van der Waals surface area contributed by atoms with Crippen molar-refractivity contribution in [3.63, 3.8) is 0 Å². The molecule has 0 radical (unpaired) electrons. The standard InChI is InChI=1S/C11H15NO2S/c1-12(2)10(13)8-11(15)14-9-6-4-3-5-7-9/h3-7,11,15H,8H2,1-2H3. The number of carbonyl (C=O) groups is 1. The second-order valence-electron chi connectivity index (χ2n) is 3.38. The molecule has 0 aliphatic carbocycles. The van der Waals surface area contributed by atoms with Crippen LogP contribution in [0.3, 0.4) is 0 Å². The zero-order chi connectivity index (χ0) is 11.3. The quantitative estimate of drug-likeness (QED) is 0.625. The molecule has 15 heavy (non-hydrogen) atoms. The summed E-state index contributed by atoms with van der Waals surface area (Å²) >= 11 is 4.21. The topological polar surface area (TPSA) is 29.5 Å². The second kappa shape index (κ2) is 5.66. The van der Waals surface area contributed by atoms with E-state index in [1.165, 1.54) is 4.90 Å². The van der Waals surface area contributed by atoms with Crippen molar-refractivity contribution < 1.29 is 9.53 Å². The summed E-state index contributed by atoms with van der Waals surface area (Å²) < 4.78 is 5.45. The van der Waals surface area contributed by atoms with Crippen LogP contribution in [0.5, 0.6) is 5.75 Å². The van der Waals surface area contributed by atoms with Crippen molar-refractivity contribution in [2.45, 2.75) is 11.9 Å². The Morgan fingerprint density at radius 3 is 2.53 bits per heavy atom. The van der Waals surface area contributed by atoms with Gasteiger partial charge in [-0.05, 0) is 12.1 Å². The van der Waals surface area contributed by atoms with E-state index in [9.17, 15) is 4.79 Å². The summed E-state index contributed by atoms with van der Waals surface area (Å²) in [4.78, 5) is 12.9. The van der Waals surface area contributed by atoms with Gasteiger partial charge in [0.05, 0.1) is 6.42 Å². The lowest BCUT2D eigenvalue weighted by atomic mass is 10.3. The number of carbonyl (C=O) groups excluding carboxylic acids is 1. The van der Waals surface area contributed by atoms with Crippen molar-refractivity contribution in [1.82, 2.24) is 4.90 Å².